The first-order valence-corrected chi connectivity index (χ1v) is 12.1. The molecule has 0 atom stereocenters. The normalized spacial score (nSPS) is 11.1. The Bertz CT molecular complexity index is 1130. The lowest BCUT2D eigenvalue weighted by atomic mass is 10.0. The Morgan fingerprint density at radius 1 is 1.03 bits per heavy atom. The van der Waals surface area contributed by atoms with E-state index < -0.39 is 0 Å². The molecule has 0 unspecified atom stereocenters. The number of anilines is 1. The van der Waals surface area contributed by atoms with Crippen LogP contribution in [0.15, 0.2) is 54.7 Å². The van der Waals surface area contributed by atoms with Crippen molar-refractivity contribution in [1.82, 2.24) is 14.5 Å². The zero-order chi connectivity index (χ0) is 25.5. The molecule has 0 radical (unpaired) electrons. The second-order valence-corrected chi connectivity index (χ2v) is 9.35. The van der Waals surface area contributed by atoms with Crippen LogP contribution in [0.4, 0.5) is 5.95 Å². The number of hydrogen-bond donors (Lipinski definition) is 1. The van der Waals surface area contributed by atoms with Gasteiger partial charge in [0, 0.05) is 30.4 Å². The van der Waals surface area contributed by atoms with Gasteiger partial charge in [-0.1, -0.05) is 39.8 Å². The molecule has 0 aliphatic rings. The molecule has 3 rings (SSSR count). The molecule has 0 saturated heterocycles. The highest BCUT2D eigenvalue weighted by Gasteiger charge is 2.19. The van der Waals surface area contributed by atoms with Crippen LogP contribution in [0, 0.1) is 5.92 Å². The number of ether oxygens (including phenoxy) is 1. The maximum Gasteiger partial charge on any atom is 0.246 e. The standard InChI is InChI=1S/C28H36N4O3/c1-7-31(27(34)16-19(2)3)18-26(33)30-28-29-25(22-10-14-24(35-6)15-11-22)17-32(28)23-12-8-21(9-13-23)20(4)5/h8-15,17,19-20H,7,16,18H2,1-6H3,(H,29,30,33). The number of nitrogens with zero attached hydrogens (tertiary/aromatic N) is 3. The van der Waals surface area contributed by atoms with Gasteiger partial charge in [-0.15, -0.1) is 0 Å². The zero-order valence-corrected chi connectivity index (χ0v) is 21.5. The van der Waals surface area contributed by atoms with Crippen molar-refractivity contribution in [3.8, 4) is 22.7 Å². The fourth-order valence-electron chi connectivity index (χ4n) is 3.78. The molecule has 0 saturated carbocycles. The number of imidazole rings is 1. The molecule has 0 aliphatic carbocycles. The van der Waals surface area contributed by atoms with Gasteiger partial charge in [-0.25, -0.2) is 4.98 Å². The average Bonchev–Trinajstić information content (AvgIpc) is 3.25. The van der Waals surface area contributed by atoms with Gasteiger partial charge in [0.2, 0.25) is 17.8 Å². The average molecular weight is 477 g/mol. The van der Waals surface area contributed by atoms with E-state index in [0.29, 0.717) is 24.8 Å². The van der Waals surface area contributed by atoms with E-state index in [-0.39, 0.29) is 24.3 Å². The van der Waals surface area contributed by atoms with Crippen LogP contribution in [0.1, 0.15) is 52.5 Å². The van der Waals surface area contributed by atoms with E-state index in [2.05, 4.69) is 31.3 Å². The summed E-state index contributed by atoms with van der Waals surface area (Å²) in [5, 5.41) is 2.93. The predicted octanol–water partition coefficient (Wildman–Crippen LogP) is 5.50. The van der Waals surface area contributed by atoms with Crippen molar-refractivity contribution in [2.45, 2.75) is 47.0 Å². The molecule has 1 aromatic heterocycles. The first-order valence-electron chi connectivity index (χ1n) is 12.1. The number of carbonyl (C=O) groups is 2. The van der Waals surface area contributed by atoms with E-state index >= 15 is 0 Å². The van der Waals surface area contributed by atoms with Crippen molar-refractivity contribution >= 4 is 17.8 Å². The number of rotatable bonds is 10. The molecule has 0 fully saturated rings. The number of benzene rings is 2. The van der Waals surface area contributed by atoms with Crippen LogP contribution in [-0.4, -0.2) is 46.5 Å². The molecule has 2 amide bonds. The summed E-state index contributed by atoms with van der Waals surface area (Å²) in [5.74, 6) is 1.52. The highest BCUT2D eigenvalue weighted by Crippen LogP contribution is 2.27. The third-order valence-electron chi connectivity index (χ3n) is 5.83. The first kappa shape index (κ1) is 26.0. The van der Waals surface area contributed by atoms with E-state index in [1.54, 1.807) is 12.0 Å². The Morgan fingerprint density at radius 2 is 1.69 bits per heavy atom. The summed E-state index contributed by atoms with van der Waals surface area (Å²) in [4.78, 5) is 31.8. The maximum atomic E-state index is 13.0. The third-order valence-corrected chi connectivity index (χ3v) is 5.83. The molecule has 7 nitrogen and oxygen atoms in total. The number of methoxy groups -OCH3 is 1. The largest absolute Gasteiger partial charge is 0.497 e. The van der Waals surface area contributed by atoms with E-state index in [1.807, 2.05) is 67.9 Å². The maximum absolute atomic E-state index is 13.0. The summed E-state index contributed by atoms with van der Waals surface area (Å²) in [6, 6.07) is 15.8. The van der Waals surface area contributed by atoms with Crippen LogP contribution >= 0.6 is 0 Å². The number of hydrogen-bond acceptors (Lipinski definition) is 4. The minimum atomic E-state index is -0.282. The number of nitrogens with one attached hydrogen (secondary N) is 1. The molecule has 2 aromatic carbocycles. The summed E-state index contributed by atoms with van der Waals surface area (Å²) in [6.07, 6.45) is 2.32. The Hall–Kier alpha value is -3.61. The highest BCUT2D eigenvalue weighted by molar-refractivity contribution is 5.94. The quantitative estimate of drug-likeness (QED) is 0.419. The first-order chi connectivity index (χ1) is 16.7. The van der Waals surface area contributed by atoms with E-state index in [0.717, 1.165) is 22.7 Å². The highest BCUT2D eigenvalue weighted by atomic mass is 16.5. The smallest absolute Gasteiger partial charge is 0.246 e. The van der Waals surface area contributed by atoms with E-state index in [1.165, 1.54) is 5.56 Å². The molecule has 186 valence electrons. The molecule has 35 heavy (non-hydrogen) atoms. The molecule has 0 spiro atoms. The second kappa shape index (κ2) is 11.7. The van der Waals surface area contributed by atoms with Crippen LogP contribution in [-0.2, 0) is 9.59 Å². The van der Waals surface area contributed by atoms with Crippen molar-refractivity contribution in [3.05, 3.63) is 60.3 Å². The van der Waals surface area contributed by atoms with Gasteiger partial charge in [0.1, 0.15) is 5.75 Å². The molecule has 7 heteroatoms. The number of carbonyl (C=O) groups excluding carboxylic acids is 2. The SMILES string of the molecule is CCN(CC(=O)Nc1nc(-c2ccc(OC)cc2)cn1-c1ccc(C(C)C)cc1)C(=O)CC(C)C. The summed E-state index contributed by atoms with van der Waals surface area (Å²) >= 11 is 0. The minimum Gasteiger partial charge on any atom is -0.497 e. The zero-order valence-electron chi connectivity index (χ0n) is 21.5. The van der Waals surface area contributed by atoms with Gasteiger partial charge >= 0.3 is 0 Å². The lowest BCUT2D eigenvalue weighted by Gasteiger charge is -2.21. The van der Waals surface area contributed by atoms with Gasteiger partial charge in [-0.05, 0) is 60.7 Å². The fourth-order valence-corrected chi connectivity index (χ4v) is 3.78. The van der Waals surface area contributed by atoms with Crippen LogP contribution in [0.3, 0.4) is 0 Å². The van der Waals surface area contributed by atoms with Gasteiger partial charge in [-0.3, -0.25) is 19.5 Å². The van der Waals surface area contributed by atoms with Crippen LogP contribution < -0.4 is 10.1 Å². The van der Waals surface area contributed by atoms with Gasteiger partial charge in [0.05, 0.1) is 19.3 Å². The van der Waals surface area contributed by atoms with Crippen molar-refractivity contribution in [2.24, 2.45) is 5.92 Å². The Kier molecular flexibility index (Phi) is 8.68. The van der Waals surface area contributed by atoms with Gasteiger partial charge in [0.15, 0.2) is 0 Å². The molecular formula is C28H36N4O3. The molecule has 1 N–H and O–H groups in total. The topological polar surface area (TPSA) is 76.5 Å². The summed E-state index contributed by atoms with van der Waals surface area (Å²) in [5.41, 5.74) is 3.75. The summed E-state index contributed by atoms with van der Waals surface area (Å²) in [7, 11) is 1.63. The second-order valence-electron chi connectivity index (χ2n) is 9.35. The van der Waals surface area contributed by atoms with Crippen LogP contribution in [0.2, 0.25) is 0 Å². The van der Waals surface area contributed by atoms with Crippen LogP contribution in [0.5, 0.6) is 5.75 Å². The summed E-state index contributed by atoms with van der Waals surface area (Å²) in [6.45, 7) is 10.6. The van der Waals surface area contributed by atoms with Crippen molar-refractivity contribution in [1.29, 1.82) is 0 Å². The number of likely N-dealkylation sites (N-methyl/N-ethyl adjacent to an activating group) is 1. The Balaban J connectivity index is 1.91. The molecular weight excluding hydrogens is 440 g/mol. The summed E-state index contributed by atoms with van der Waals surface area (Å²) < 4.78 is 7.13. The third kappa shape index (κ3) is 6.72. The number of aromatic nitrogens is 2. The van der Waals surface area contributed by atoms with Gasteiger partial charge in [-0.2, -0.15) is 0 Å². The van der Waals surface area contributed by atoms with Crippen molar-refractivity contribution in [3.63, 3.8) is 0 Å². The molecule has 0 bridgehead atoms. The molecule has 0 aliphatic heterocycles. The van der Waals surface area contributed by atoms with E-state index in [9.17, 15) is 9.59 Å². The molecule has 3 aromatic rings. The van der Waals surface area contributed by atoms with Crippen LogP contribution in [0.25, 0.3) is 16.9 Å². The predicted molar refractivity (Wildman–Crippen MR) is 140 cm³/mol. The fraction of sp³-hybridized carbons (Fsp3) is 0.393. The van der Waals surface area contributed by atoms with E-state index in [4.69, 9.17) is 9.72 Å². The lowest BCUT2D eigenvalue weighted by molar-refractivity contribution is -0.135. The minimum absolute atomic E-state index is 0.0148. The van der Waals surface area contributed by atoms with Gasteiger partial charge < -0.3 is 9.64 Å². The number of amides is 2. The lowest BCUT2D eigenvalue weighted by Crippen LogP contribution is -2.38. The monoisotopic (exact) mass is 476 g/mol. The Morgan fingerprint density at radius 3 is 2.23 bits per heavy atom. The van der Waals surface area contributed by atoms with Crippen molar-refractivity contribution < 1.29 is 14.3 Å². The Labute approximate surface area is 208 Å². The van der Waals surface area contributed by atoms with Gasteiger partial charge in [0.25, 0.3) is 0 Å². The van der Waals surface area contributed by atoms with Crippen molar-refractivity contribution in [2.75, 3.05) is 25.5 Å². The molecule has 1 heterocycles.